The van der Waals surface area contributed by atoms with Crippen molar-refractivity contribution < 1.29 is 23.0 Å². The molecule has 0 saturated heterocycles. The normalized spacial score (nSPS) is 15.3. The largest absolute Gasteiger partial charge is 0.486 e. The van der Waals surface area contributed by atoms with E-state index < -0.39 is 17.0 Å². The first-order chi connectivity index (χ1) is 17.6. The second-order valence-corrected chi connectivity index (χ2v) is 9.83. The van der Waals surface area contributed by atoms with E-state index in [1.54, 1.807) is 55.5 Å². The van der Waals surface area contributed by atoms with Gasteiger partial charge in [0, 0.05) is 42.8 Å². The molecule has 0 unspecified atom stereocenters. The maximum Gasteiger partial charge on any atom is 0.255 e. The monoisotopic (exact) mass is 502 g/mol. The molecule has 2 aromatic heterocycles. The van der Waals surface area contributed by atoms with Crippen molar-refractivity contribution in [2.75, 3.05) is 13.7 Å². The second kappa shape index (κ2) is 9.30. The van der Waals surface area contributed by atoms with Gasteiger partial charge in [-0.2, -0.15) is 5.10 Å². The number of hydrogen-bond donors (Lipinski definition) is 0. The van der Waals surface area contributed by atoms with Crippen LogP contribution < -0.4 is 4.74 Å². The number of amides is 1. The second-order valence-electron chi connectivity index (χ2n) is 9.83. The molecule has 1 aliphatic heterocycles. The van der Waals surface area contributed by atoms with Crippen molar-refractivity contribution in [1.29, 1.82) is 0 Å². The fourth-order valence-electron chi connectivity index (χ4n) is 4.96. The molecule has 3 heterocycles. The minimum atomic E-state index is -0.803. The van der Waals surface area contributed by atoms with E-state index in [0.29, 0.717) is 45.6 Å². The van der Waals surface area contributed by atoms with Crippen molar-refractivity contribution in [3.8, 4) is 16.9 Å². The summed E-state index contributed by atoms with van der Waals surface area (Å²) < 4.78 is 43.7. The lowest BCUT2D eigenvalue weighted by atomic mass is 9.59. The molecule has 37 heavy (non-hydrogen) atoms. The lowest BCUT2D eigenvalue weighted by Crippen LogP contribution is -2.45. The van der Waals surface area contributed by atoms with E-state index in [2.05, 4.69) is 10.1 Å². The van der Waals surface area contributed by atoms with Gasteiger partial charge in [-0.25, -0.2) is 8.78 Å². The van der Waals surface area contributed by atoms with E-state index in [4.69, 9.17) is 9.47 Å². The van der Waals surface area contributed by atoms with Crippen molar-refractivity contribution in [2.45, 2.75) is 24.9 Å². The minimum absolute atomic E-state index is 0.172. The number of benzene rings is 2. The summed E-state index contributed by atoms with van der Waals surface area (Å²) in [7, 11) is 7.02. The first-order valence-corrected chi connectivity index (χ1v) is 12.0. The van der Waals surface area contributed by atoms with Gasteiger partial charge in [-0.05, 0) is 54.4 Å². The van der Waals surface area contributed by atoms with Crippen LogP contribution in [0.1, 0.15) is 28.5 Å². The summed E-state index contributed by atoms with van der Waals surface area (Å²) in [6.07, 6.45) is 3.20. The van der Waals surface area contributed by atoms with Crippen LogP contribution in [0.5, 0.6) is 5.75 Å². The zero-order valence-electron chi connectivity index (χ0n) is 21.4. The first-order valence-electron chi connectivity index (χ1n) is 12.0. The number of hydrogen-bond acceptors (Lipinski definition) is 5. The van der Waals surface area contributed by atoms with Crippen molar-refractivity contribution in [3.63, 3.8) is 0 Å². The van der Waals surface area contributed by atoms with Crippen LogP contribution in [0.15, 0.2) is 48.8 Å². The minimum Gasteiger partial charge on any atom is -0.486 e. The predicted octanol–water partition coefficient (Wildman–Crippen LogP) is 2.36. The number of methoxy groups -OCH3 is 1. The molecule has 0 saturated carbocycles. The molecule has 0 N–H and O–H groups in total. The van der Waals surface area contributed by atoms with Crippen LogP contribution in [-0.2, 0) is 23.7 Å². The Bertz CT molecular complexity index is 1500. The molecule has 1 aliphatic rings. The van der Waals surface area contributed by atoms with E-state index in [-0.39, 0.29) is 24.1 Å². The molecule has 0 spiro atoms. The summed E-state index contributed by atoms with van der Waals surface area (Å²) in [5.74, 6) is -1.20. The first kappa shape index (κ1) is 25.0. The standard InChI is InChI=1S/C26H26B2F2N4O3/c1-14(13-36-3)37-22-7-6-16(18-11-33(2)32-23(18)22)15-9-20(29)19(21(30)10-15)12-34-25(35)17-5-4-8-31-24(17)26(34,27)28/h4-11,14H,12-13,27-28H2,1-3H3/t14-/m0/s1. The molecule has 0 aliphatic carbocycles. The lowest BCUT2D eigenvalue weighted by molar-refractivity contribution is 0.0727. The Labute approximate surface area is 215 Å². The predicted molar refractivity (Wildman–Crippen MR) is 141 cm³/mol. The molecule has 1 amide bonds. The average molecular weight is 502 g/mol. The Hall–Kier alpha value is -3.72. The van der Waals surface area contributed by atoms with Gasteiger partial charge in [0.2, 0.25) is 0 Å². The third-order valence-electron chi connectivity index (χ3n) is 6.79. The van der Waals surface area contributed by atoms with Gasteiger partial charge in [0.1, 0.15) is 44.7 Å². The summed E-state index contributed by atoms with van der Waals surface area (Å²) in [6, 6.07) is 9.48. The van der Waals surface area contributed by atoms with Crippen LogP contribution in [0.25, 0.3) is 22.0 Å². The number of aromatic nitrogens is 3. The number of ether oxygens (including phenoxy) is 2. The molecule has 0 fully saturated rings. The molecule has 5 rings (SSSR count). The average Bonchev–Trinajstić information content (AvgIpc) is 3.32. The van der Waals surface area contributed by atoms with Gasteiger partial charge in [-0.15, -0.1) is 0 Å². The SMILES string of the molecule is BC1(B)c2ncccc2C(=O)N1Cc1c(F)cc(-c2ccc(O[C@@H](C)COC)c3nn(C)cc23)cc1F. The number of carbonyl (C=O) groups is 1. The number of nitrogens with zero attached hydrogens (tertiary/aromatic N) is 4. The molecule has 0 radical (unpaired) electrons. The molecule has 0 bridgehead atoms. The number of fused-ring (bicyclic) bond motifs is 2. The Morgan fingerprint density at radius 1 is 1.14 bits per heavy atom. The summed E-state index contributed by atoms with van der Waals surface area (Å²) in [6.45, 7) is 2.08. The fraction of sp³-hybridized carbons (Fsp3) is 0.269. The number of carbonyl (C=O) groups excluding carboxylic acids is 1. The van der Waals surface area contributed by atoms with E-state index in [9.17, 15) is 4.79 Å². The Balaban J connectivity index is 1.50. The highest BCUT2D eigenvalue weighted by atomic mass is 19.1. The van der Waals surface area contributed by atoms with Crippen molar-refractivity contribution in [1.82, 2.24) is 19.7 Å². The zero-order valence-corrected chi connectivity index (χ0v) is 21.4. The summed E-state index contributed by atoms with van der Waals surface area (Å²) in [5.41, 5.74) is 2.44. The van der Waals surface area contributed by atoms with E-state index in [0.717, 1.165) is 0 Å². The molecule has 188 valence electrons. The van der Waals surface area contributed by atoms with Gasteiger partial charge >= 0.3 is 0 Å². The lowest BCUT2D eigenvalue weighted by Gasteiger charge is -2.32. The number of halogens is 2. The topological polar surface area (TPSA) is 69.5 Å². The van der Waals surface area contributed by atoms with Crippen LogP contribution in [-0.4, -0.2) is 61.1 Å². The zero-order chi connectivity index (χ0) is 26.5. The van der Waals surface area contributed by atoms with Gasteiger partial charge in [0.05, 0.1) is 24.4 Å². The maximum atomic E-state index is 15.4. The number of aryl methyl sites for hydroxylation is 1. The highest BCUT2D eigenvalue weighted by Crippen LogP contribution is 2.38. The smallest absolute Gasteiger partial charge is 0.255 e. The van der Waals surface area contributed by atoms with Gasteiger partial charge in [-0.3, -0.25) is 14.5 Å². The Morgan fingerprint density at radius 2 is 1.86 bits per heavy atom. The van der Waals surface area contributed by atoms with Crippen LogP contribution in [0.4, 0.5) is 8.78 Å². The van der Waals surface area contributed by atoms with Crippen LogP contribution in [0, 0.1) is 11.6 Å². The van der Waals surface area contributed by atoms with Gasteiger partial charge < -0.3 is 14.4 Å². The molecular formula is C26H26B2F2N4O3. The highest BCUT2D eigenvalue weighted by molar-refractivity contribution is 6.42. The van der Waals surface area contributed by atoms with Crippen molar-refractivity contribution in [3.05, 3.63) is 77.2 Å². The maximum absolute atomic E-state index is 15.4. The van der Waals surface area contributed by atoms with Crippen molar-refractivity contribution >= 4 is 32.5 Å². The Morgan fingerprint density at radius 3 is 2.54 bits per heavy atom. The van der Waals surface area contributed by atoms with E-state index in [1.165, 1.54) is 17.0 Å². The number of pyridine rings is 1. The fourth-order valence-corrected chi connectivity index (χ4v) is 4.96. The molecule has 1 atom stereocenters. The van der Waals surface area contributed by atoms with Gasteiger partial charge in [-0.1, -0.05) is 0 Å². The van der Waals surface area contributed by atoms with Gasteiger partial charge in [0.25, 0.3) is 5.91 Å². The molecule has 2 aromatic carbocycles. The summed E-state index contributed by atoms with van der Waals surface area (Å²) >= 11 is 0. The van der Waals surface area contributed by atoms with Crippen LogP contribution >= 0.6 is 0 Å². The molecular weight excluding hydrogens is 476 g/mol. The van der Waals surface area contributed by atoms with Gasteiger partial charge in [0.15, 0.2) is 0 Å². The quantitative estimate of drug-likeness (QED) is 0.364. The van der Waals surface area contributed by atoms with Crippen LogP contribution in [0.2, 0.25) is 0 Å². The van der Waals surface area contributed by atoms with E-state index >= 15 is 8.78 Å². The van der Waals surface area contributed by atoms with E-state index in [1.807, 2.05) is 22.6 Å². The highest BCUT2D eigenvalue weighted by Gasteiger charge is 2.44. The molecule has 11 heteroatoms. The Kier molecular flexibility index (Phi) is 6.27. The number of rotatable bonds is 7. The molecule has 4 aromatic rings. The van der Waals surface area contributed by atoms with Crippen molar-refractivity contribution in [2.24, 2.45) is 7.05 Å². The summed E-state index contributed by atoms with van der Waals surface area (Å²) in [5, 5.41) is 4.40. The molecule has 7 nitrogen and oxygen atoms in total. The third-order valence-corrected chi connectivity index (χ3v) is 6.79. The van der Waals surface area contributed by atoms with Crippen LogP contribution in [0.3, 0.4) is 0 Å². The third kappa shape index (κ3) is 4.27. The summed E-state index contributed by atoms with van der Waals surface area (Å²) in [4.78, 5) is 18.8.